The van der Waals surface area contributed by atoms with Crippen molar-refractivity contribution in [2.24, 2.45) is 0 Å². The minimum atomic E-state index is -1.15. The fraction of sp³-hybridized carbons (Fsp3) is 0.750. The Labute approximate surface area is 169 Å². The number of rotatable bonds is 19. The maximum absolute atomic E-state index is 10.5. The van der Waals surface area contributed by atoms with Crippen LogP contribution in [0.3, 0.4) is 0 Å². The molecule has 1 aromatic carbocycles. The van der Waals surface area contributed by atoms with Gasteiger partial charge in [0.05, 0.1) is 0 Å². The first-order chi connectivity index (χ1) is 13.4. The average molecular weight is 395 g/mol. The summed E-state index contributed by atoms with van der Waals surface area (Å²) in [5.41, 5.74) is 1.36. The van der Waals surface area contributed by atoms with Crippen molar-refractivity contribution in [1.82, 2.24) is 0 Å². The lowest BCUT2D eigenvalue weighted by atomic mass is 10.0. The molecule has 0 amide bonds. The molecule has 1 unspecified atom stereocenters. The van der Waals surface area contributed by atoms with E-state index in [1.165, 1.54) is 108 Å². The van der Waals surface area contributed by atoms with E-state index >= 15 is 0 Å². The van der Waals surface area contributed by atoms with Crippen molar-refractivity contribution in [3.05, 3.63) is 29.8 Å². The van der Waals surface area contributed by atoms with Gasteiger partial charge >= 0.3 is 0 Å². The lowest BCUT2D eigenvalue weighted by Crippen LogP contribution is -1.87. The third-order valence-electron chi connectivity index (χ3n) is 5.43. The smallest absolute Gasteiger partial charge is 0.225 e. The summed E-state index contributed by atoms with van der Waals surface area (Å²) in [5, 5.41) is 0. The van der Waals surface area contributed by atoms with E-state index in [-0.39, 0.29) is 0 Å². The first-order valence-corrected chi connectivity index (χ1v) is 12.5. The third kappa shape index (κ3) is 14.9. The molecule has 0 bridgehead atoms. The quantitative estimate of drug-likeness (QED) is 0.173. The molecular formula is C24H43O2P. The lowest BCUT2D eigenvalue weighted by Gasteiger charge is -2.04. The minimum absolute atomic E-state index is 0.718. The summed E-state index contributed by atoms with van der Waals surface area (Å²) in [6, 6.07) is 8.03. The molecule has 1 rings (SSSR count). The highest BCUT2D eigenvalue weighted by Crippen LogP contribution is 2.18. The van der Waals surface area contributed by atoms with E-state index in [1.807, 2.05) is 12.1 Å². The molecule has 0 saturated heterocycles. The van der Waals surface area contributed by atoms with Gasteiger partial charge in [0.1, 0.15) is 5.75 Å². The highest BCUT2D eigenvalue weighted by atomic mass is 31.1. The van der Waals surface area contributed by atoms with Crippen LogP contribution in [0, 0.1) is 0 Å². The summed E-state index contributed by atoms with van der Waals surface area (Å²) in [6.45, 7) is 2.29. The zero-order valence-electron chi connectivity index (χ0n) is 17.7. The molecule has 156 valence electrons. The van der Waals surface area contributed by atoms with Crippen molar-refractivity contribution >= 4 is 8.69 Å². The molecule has 0 N–H and O–H groups in total. The van der Waals surface area contributed by atoms with Crippen LogP contribution in [0.2, 0.25) is 0 Å². The summed E-state index contributed by atoms with van der Waals surface area (Å²) < 4.78 is 15.5. The Morgan fingerprint density at radius 1 is 0.630 bits per heavy atom. The summed E-state index contributed by atoms with van der Waals surface area (Å²) in [4.78, 5) is 0. The van der Waals surface area contributed by atoms with Crippen molar-refractivity contribution in [3.63, 3.8) is 0 Å². The fourth-order valence-electron chi connectivity index (χ4n) is 3.67. The SMILES string of the molecule is CCCCCCCCCCCCCCCCCCc1ccc(O[PH2]=O)cc1. The largest absolute Gasteiger partial charge is 0.447 e. The zero-order valence-corrected chi connectivity index (χ0v) is 18.9. The van der Waals surface area contributed by atoms with Crippen molar-refractivity contribution in [2.75, 3.05) is 0 Å². The molecule has 3 heteroatoms. The summed E-state index contributed by atoms with van der Waals surface area (Å²) in [6.07, 6.45) is 23.8. The molecule has 0 saturated carbocycles. The standard InChI is InChI=1S/C24H43O2P/c1-2-3-4-5-6-7-8-9-10-11-12-13-14-15-16-17-18-23-19-21-24(22-20-23)26-27-25/h19-22H,2-18,27H2,1H3. The van der Waals surface area contributed by atoms with Crippen LogP contribution in [-0.4, -0.2) is 0 Å². The average Bonchev–Trinajstić information content (AvgIpc) is 2.69. The second-order valence-electron chi connectivity index (χ2n) is 7.91. The number of benzene rings is 1. The molecule has 1 aromatic rings. The van der Waals surface area contributed by atoms with Crippen LogP contribution in [0.15, 0.2) is 24.3 Å². The Bertz CT molecular complexity index is 444. The Morgan fingerprint density at radius 2 is 1.04 bits per heavy atom. The van der Waals surface area contributed by atoms with E-state index in [9.17, 15) is 4.57 Å². The van der Waals surface area contributed by atoms with Crippen LogP contribution >= 0.6 is 8.69 Å². The second kappa shape index (κ2) is 18.6. The molecule has 27 heavy (non-hydrogen) atoms. The number of aryl methyl sites for hydroxylation is 1. The Hall–Kier alpha value is -0.750. The van der Waals surface area contributed by atoms with Crippen LogP contribution < -0.4 is 4.52 Å². The van der Waals surface area contributed by atoms with Crippen LogP contribution in [0.25, 0.3) is 0 Å². The van der Waals surface area contributed by atoms with Crippen molar-refractivity contribution < 1.29 is 9.09 Å². The maximum Gasteiger partial charge on any atom is 0.225 e. The Balaban J connectivity index is 1.79. The molecule has 0 spiro atoms. The van der Waals surface area contributed by atoms with Gasteiger partial charge in [0.15, 0.2) is 0 Å². The highest BCUT2D eigenvalue weighted by Gasteiger charge is 1.97. The molecule has 0 aliphatic heterocycles. The predicted molar refractivity (Wildman–Crippen MR) is 121 cm³/mol. The first kappa shape index (κ1) is 24.3. The van der Waals surface area contributed by atoms with Gasteiger partial charge in [0.25, 0.3) is 0 Å². The molecule has 1 atom stereocenters. The third-order valence-corrected chi connectivity index (χ3v) is 5.79. The van der Waals surface area contributed by atoms with E-state index < -0.39 is 8.69 Å². The van der Waals surface area contributed by atoms with Crippen LogP contribution in [0.4, 0.5) is 0 Å². The van der Waals surface area contributed by atoms with Gasteiger partial charge in [-0.2, -0.15) is 0 Å². The van der Waals surface area contributed by atoms with E-state index in [2.05, 4.69) is 19.1 Å². The normalized spacial score (nSPS) is 11.4. The lowest BCUT2D eigenvalue weighted by molar-refractivity contribution is 0.525. The van der Waals surface area contributed by atoms with E-state index in [4.69, 9.17) is 4.52 Å². The number of hydrogen-bond donors (Lipinski definition) is 0. The van der Waals surface area contributed by atoms with Crippen LogP contribution in [-0.2, 0) is 11.0 Å². The van der Waals surface area contributed by atoms with E-state index in [1.54, 1.807) is 0 Å². The van der Waals surface area contributed by atoms with Crippen LogP contribution in [0.1, 0.15) is 115 Å². The van der Waals surface area contributed by atoms with Gasteiger partial charge in [-0.25, -0.2) is 0 Å². The highest BCUT2D eigenvalue weighted by molar-refractivity contribution is 7.17. The van der Waals surface area contributed by atoms with Gasteiger partial charge in [-0.3, -0.25) is 4.57 Å². The molecule has 0 aromatic heterocycles. The second-order valence-corrected chi connectivity index (χ2v) is 8.34. The van der Waals surface area contributed by atoms with Gasteiger partial charge in [-0.15, -0.1) is 0 Å². The van der Waals surface area contributed by atoms with Gasteiger partial charge in [-0.1, -0.05) is 115 Å². The molecule has 0 radical (unpaired) electrons. The van der Waals surface area contributed by atoms with Gasteiger partial charge in [0, 0.05) is 0 Å². The van der Waals surface area contributed by atoms with Crippen molar-refractivity contribution in [2.45, 2.75) is 116 Å². The summed E-state index contributed by atoms with van der Waals surface area (Å²) in [5.74, 6) is 0.718. The van der Waals surface area contributed by atoms with Gasteiger partial charge < -0.3 is 4.52 Å². The topological polar surface area (TPSA) is 26.3 Å². The Morgan fingerprint density at radius 3 is 1.44 bits per heavy atom. The predicted octanol–water partition coefficient (Wildman–Crippen LogP) is 8.54. The summed E-state index contributed by atoms with van der Waals surface area (Å²) >= 11 is 0. The van der Waals surface area contributed by atoms with E-state index in [0.29, 0.717) is 0 Å². The number of hydrogen-bond acceptors (Lipinski definition) is 2. The van der Waals surface area contributed by atoms with Crippen LogP contribution in [0.5, 0.6) is 5.75 Å². The number of unbranched alkanes of at least 4 members (excludes halogenated alkanes) is 15. The molecule has 0 aliphatic carbocycles. The fourth-order valence-corrected chi connectivity index (χ4v) is 3.94. The minimum Gasteiger partial charge on any atom is -0.447 e. The zero-order chi connectivity index (χ0) is 19.4. The summed E-state index contributed by atoms with van der Waals surface area (Å²) in [7, 11) is -1.15. The molecule has 0 aliphatic rings. The van der Waals surface area contributed by atoms with Gasteiger partial charge in [-0.05, 0) is 30.5 Å². The van der Waals surface area contributed by atoms with Gasteiger partial charge in [0.2, 0.25) is 8.69 Å². The first-order valence-electron chi connectivity index (χ1n) is 11.6. The molecule has 2 nitrogen and oxygen atoms in total. The molecular weight excluding hydrogens is 351 g/mol. The Kier molecular flexibility index (Phi) is 16.7. The van der Waals surface area contributed by atoms with Crippen molar-refractivity contribution in [1.29, 1.82) is 0 Å². The molecule has 0 fully saturated rings. The molecule has 0 heterocycles. The monoisotopic (exact) mass is 394 g/mol. The van der Waals surface area contributed by atoms with E-state index in [0.717, 1.165) is 12.2 Å². The maximum atomic E-state index is 10.5. The van der Waals surface area contributed by atoms with Crippen molar-refractivity contribution in [3.8, 4) is 5.75 Å².